The second-order valence-corrected chi connectivity index (χ2v) is 7.42. The van der Waals surface area contributed by atoms with E-state index < -0.39 is 0 Å². The molecule has 0 bridgehead atoms. The van der Waals surface area contributed by atoms with Crippen LogP contribution in [0.1, 0.15) is 49.2 Å². The average molecular weight is 428 g/mol. The molecule has 2 rings (SSSR count). The molecule has 0 saturated heterocycles. The maximum absolute atomic E-state index is 13.0. The number of carbonyl (C=O) groups is 2. The summed E-state index contributed by atoms with van der Waals surface area (Å²) in [7, 11) is 1.60. The fraction of sp³-hybridized carbons (Fsp3) is 0.417. The number of ether oxygens (including phenoxy) is 2. The number of hydrogen-bond donors (Lipinski definition) is 2. The third-order valence-electron chi connectivity index (χ3n) is 4.64. The highest BCUT2D eigenvalue weighted by Gasteiger charge is 2.16. The summed E-state index contributed by atoms with van der Waals surface area (Å²) < 4.78 is 11.0. The molecule has 7 heteroatoms. The lowest BCUT2D eigenvalue weighted by Crippen LogP contribution is -2.39. The zero-order valence-electron chi connectivity index (χ0n) is 19.0. The Hall–Kier alpha value is -3.22. The van der Waals surface area contributed by atoms with Gasteiger partial charge in [0, 0.05) is 31.2 Å². The average Bonchev–Trinajstić information content (AvgIpc) is 2.76. The maximum atomic E-state index is 13.0. The van der Waals surface area contributed by atoms with Crippen molar-refractivity contribution in [3.8, 4) is 11.5 Å². The van der Waals surface area contributed by atoms with Gasteiger partial charge in [-0.3, -0.25) is 4.79 Å². The van der Waals surface area contributed by atoms with Crippen LogP contribution in [0.25, 0.3) is 0 Å². The third-order valence-corrected chi connectivity index (χ3v) is 4.64. The van der Waals surface area contributed by atoms with E-state index in [4.69, 9.17) is 9.47 Å². The van der Waals surface area contributed by atoms with Crippen molar-refractivity contribution in [3.63, 3.8) is 0 Å². The Labute approximate surface area is 184 Å². The molecule has 0 aliphatic carbocycles. The van der Waals surface area contributed by atoms with Gasteiger partial charge in [-0.05, 0) is 63.1 Å². The summed E-state index contributed by atoms with van der Waals surface area (Å²) >= 11 is 0. The minimum atomic E-state index is -0.210. The molecule has 0 fully saturated rings. The molecular formula is C24H33N3O4. The van der Waals surface area contributed by atoms with E-state index in [-0.39, 0.29) is 18.0 Å². The van der Waals surface area contributed by atoms with Gasteiger partial charge in [0.05, 0.1) is 13.7 Å². The van der Waals surface area contributed by atoms with Crippen LogP contribution in [-0.4, -0.2) is 43.1 Å². The van der Waals surface area contributed by atoms with Crippen LogP contribution in [0, 0.1) is 0 Å². The first-order valence-corrected chi connectivity index (χ1v) is 10.6. The second-order valence-electron chi connectivity index (χ2n) is 7.42. The van der Waals surface area contributed by atoms with E-state index in [1.54, 1.807) is 24.1 Å². The van der Waals surface area contributed by atoms with Gasteiger partial charge >= 0.3 is 6.03 Å². The SMILES string of the molecule is CCOc1ccc(CN(CC)C(=O)c2ccc(CNC(=O)NC(C)C)cc2)cc1OC. The first kappa shape index (κ1) is 24.1. The van der Waals surface area contributed by atoms with E-state index in [0.29, 0.717) is 43.3 Å². The number of urea groups is 1. The molecule has 0 spiro atoms. The van der Waals surface area contributed by atoms with Crippen LogP contribution in [0.3, 0.4) is 0 Å². The Morgan fingerprint density at radius 3 is 2.26 bits per heavy atom. The number of methoxy groups -OCH3 is 1. The van der Waals surface area contributed by atoms with E-state index >= 15 is 0 Å². The lowest BCUT2D eigenvalue weighted by Gasteiger charge is -2.22. The summed E-state index contributed by atoms with van der Waals surface area (Å²) in [4.78, 5) is 26.5. The van der Waals surface area contributed by atoms with Crippen molar-refractivity contribution in [2.75, 3.05) is 20.3 Å². The molecule has 2 aromatic carbocycles. The molecule has 2 N–H and O–H groups in total. The van der Waals surface area contributed by atoms with Gasteiger partial charge in [-0.15, -0.1) is 0 Å². The monoisotopic (exact) mass is 427 g/mol. The molecule has 0 radical (unpaired) electrons. The minimum Gasteiger partial charge on any atom is -0.493 e. The molecular weight excluding hydrogens is 394 g/mol. The Kier molecular flexibility index (Phi) is 9.18. The first-order valence-electron chi connectivity index (χ1n) is 10.6. The molecule has 0 heterocycles. The summed E-state index contributed by atoms with van der Waals surface area (Å²) in [6.07, 6.45) is 0. The molecule has 0 unspecified atom stereocenters. The smallest absolute Gasteiger partial charge is 0.315 e. The molecule has 7 nitrogen and oxygen atoms in total. The highest BCUT2D eigenvalue weighted by Crippen LogP contribution is 2.28. The van der Waals surface area contributed by atoms with Crippen LogP contribution in [0.15, 0.2) is 42.5 Å². The van der Waals surface area contributed by atoms with Crippen LogP contribution < -0.4 is 20.1 Å². The number of rotatable bonds is 10. The highest BCUT2D eigenvalue weighted by atomic mass is 16.5. The number of amides is 3. The summed E-state index contributed by atoms with van der Waals surface area (Å²) in [5, 5.41) is 5.58. The van der Waals surface area contributed by atoms with Gasteiger partial charge in [-0.1, -0.05) is 18.2 Å². The number of carbonyl (C=O) groups excluding carboxylic acids is 2. The van der Waals surface area contributed by atoms with Crippen LogP contribution >= 0.6 is 0 Å². The molecule has 0 aromatic heterocycles. The molecule has 2 aromatic rings. The van der Waals surface area contributed by atoms with Crippen LogP contribution in [0.5, 0.6) is 11.5 Å². The van der Waals surface area contributed by atoms with Crippen molar-refractivity contribution < 1.29 is 19.1 Å². The molecule has 0 atom stereocenters. The molecule has 0 aliphatic rings. The zero-order chi connectivity index (χ0) is 22.8. The predicted molar refractivity (Wildman–Crippen MR) is 122 cm³/mol. The lowest BCUT2D eigenvalue weighted by molar-refractivity contribution is 0.0752. The Morgan fingerprint density at radius 2 is 1.68 bits per heavy atom. The van der Waals surface area contributed by atoms with Gasteiger partial charge in [-0.2, -0.15) is 0 Å². The molecule has 0 saturated carbocycles. The first-order chi connectivity index (χ1) is 14.9. The lowest BCUT2D eigenvalue weighted by atomic mass is 10.1. The van der Waals surface area contributed by atoms with E-state index in [1.807, 2.05) is 58.0 Å². The highest BCUT2D eigenvalue weighted by molar-refractivity contribution is 5.94. The van der Waals surface area contributed by atoms with Gasteiger partial charge in [-0.25, -0.2) is 4.79 Å². The third kappa shape index (κ3) is 7.20. The number of benzene rings is 2. The van der Waals surface area contributed by atoms with Crippen molar-refractivity contribution in [2.45, 2.75) is 46.8 Å². The summed E-state index contributed by atoms with van der Waals surface area (Å²) in [5.41, 5.74) is 2.50. The Morgan fingerprint density at radius 1 is 1.00 bits per heavy atom. The quantitative estimate of drug-likeness (QED) is 0.601. The predicted octanol–water partition coefficient (Wildman–Crippen LogP) is 3.96. The minimum absolute atomic E-state index is 0.0487. The van der Waals surface area contributed by atoms with Crippen LogP contribution in [0.2, 0.25) is 0 Å². The van der Waals surface area contributed by atoms with E-state index in [2.05, 4.69) is 10.6 Å². The number of nitrogens with one attached hydrogen (secondary N) is 2. The van der Waals surface area contributed by atoms with Gasteiger partial charge in [0.25, 0.3) is 5.91 Å². The van der Waals surface area contributed by atoms with Gasteiger partial charge in [0.1, 0.15) is 0 Å². The fourth-order valence-electron chi connectivity index (χ4n) is 3.08. The summed E-state index contributed by atoms with van der Waals surface area (Å²) in [6, 6.07) is 12.9. The van der Waals surface area contributed by atoms with Crippen molar-refractivity contribution in [2.24, 2.45) is 0 Å². The van der Waals surface area contributed by atoms with Crippen LogP contribution in [0.4, 0.5) is 4.79 Å². The Bertz CT molecular complexity index is 866. The molecule has 0 aliphatic heterocycles. The standard InChI is InChI=1S/C24H33N3O4/c1-6-27(16-19-10-13-21(31-7-2)22(14-19)30-5)23(28)20-11-8-18(9-12-20)15-25-24(29)26-17(3)4/h8-14,17H,6-7,15-16H2,1-5H3,(H2,25,26,29). The summed E-state index contributed by atoms with van der Waals surface area (Å²) in [5.74, 6) is 1.29. The van der Waals surface area contributed by atoms with Crippen molar-refractivity contribution in [1.29, 1.82) is 0 Å². The Balaban J connectivity index is 2.02. The maximum Gasteiger partial charge on any atom is 0.315 e. The number of nitrogens with zero attached hydrogens (tertiary/aromatic N) is 1. The van der Waals surface area contributed by atoms with E-state index in [1.165, 1.54) is 0 Å². The summed E-state index contributed by atoms with van der Waals surface area (Å²) in [6.45, 7) is 9.69. The fourth-order valence-corrected chi connectivity index (χ4v) is 3.08. The normalized spacial score (nSPS) is 10.5. The van der Waals surface area contributed by atoms with Crippen LogP contribution in [-0.2, 0) is 13.1 Å². The van der Waals surface area contributed by atoms with Gasteiger partial charge < -0.3 is 25.0 Å². The van der Waals surface area contributed by atoms with Gasteiger partial charge in [0.2, 0.25) is 0 Å². The topological polar surface area (TPSA) is 79.9 Å². The second kappa shape index (κ2) is 11.8. The largest absolute Gasteiger partial charge is 0.493 e. The molecule has 31 heavy (non-hydrogen) atoms. The molecule has 3 amide bonds. The van der Waals surface area contributed by atoms with Crippen molar-refractivity contribution in [1.82, 2.24) is 15.5 Å². The van der Waals surface area contributed by atoms with E-state index in [0.717, 1.165) is 11.1 Å². The number of hydrogen-bond acceptors (Lipinski definition) is 4. The zero-order valence-corrected chi connectivity index (χ0v) is 19.0. The van der Waals surface area contributed by atoms with E-state index in [9.17, 15) is 9.59 Å². The van der Waals surface area contributed by atoms with Gasteiger partial charge in [0.15, 0.2) is 11.5 Å². The molecule has 168 valence electrons. The van der Waals surface area contributed by atoms with Crippen molar-refractivity contribution in [3.05, 3.63) is 59.2 Å². The van der Waals surface area contributed by atoms with Crippen molar-refractivity contribution >= 4 is 11.9 Å².